The van der Waals surface area contributed by atoms with Crippen LogP contribution >= 0.6 is 0 Å². The van der Waals surface area contributed by atoms with E-state index in [1.807, 2.05) is 0 Å². The van der Waals surface area contributed by atoms with E-state index < -0.39 is 17.7 Å². The molecule has 1 heterocycles. The number of hydrogen-bond acceptors (Lipinski definition) is 3. The van der Waals surface area contributed by atoms with Crippen LogP contribution in [0.3, 0.4) is 0 Å². The molecule has 0 saturated heterocycles. The first-order chi connectivity index (χ1) is 5.13. The zero-order valence-corrected chi connectivity index (χ0v) is 5.27. The van der Waals surface area contributed by atoms with E-state index in [-0.39, 0.29) is 28.6 Å². The van der Waals surface area contributed by atoms with Crippen molar-refractivity contribution >= 4 is 35.0 Å². The van der Waals surface area contributed by atoms with Crippen LogP contribution < -0.4 is 0 Å². The van der Waals surface area contributed by atoms with E-state index in [0.717, 1.165) is 12.3 Å². The lowest BCUT2D eigenvalue weighted by Gasteiger charge is -1.88. The van der Waals surface area contributed by atoms with Crippen molar-refractivity contribution in [2.75, 3.05) is 0 Å². The molecular formula is C6H6MgO5. The number of carboxylic acid groups (broad SMARTS) is 2. The molecule has 0 atom stereocenters. The standard InChI is InChI=1S/C6H4O5.Mg.2H/c7-5(8)3-1-2-11-4(3)6(9)10;;;/h1-2H,(H,7,8)(H,9,10);;;. The topological polar surface area (TPSA) is 87.7 Å². The fourth-order valence-corrected chi connectivity index (χ4v) is 0.643. The Hall–Kier alpha value is -1.01. The van der Waals surface area contributed by atoms with Crippen molar-refractivity contribution in [2.45, 2.75) is 0 Å². The lowest BCUT2D eigenvalue weighted by atomic mass is 10.2. The Morgan fingerprint density at radius 1 is 1.25 bits per heavy atom. The van der Waals surface area contributed by atoms with Gasteiger partial charge in [-0.3, -0.25) is 0 Å². The molecule has 1 aromatic heterocycles. The summed E-state index contributed by atoms with van der Waals surface area (Å²) in [6, 6.07) is 1.09. The lowest BCUT2D eigenvalue weighted by molar-refractivity contribution is 0.0626. The van der Waals surface area contributed by atoms with E-state index in [1.165, 1.54) is 0 Å². The van der Waals surface area contributed by atoms with Crippen LogP contribution in [0.15, 0.2) is 16.7 Å². The first-order valence-corrected chi connectivity index (χ1v) is 2.67. The summed E-state index contributed by atoms with van der Waals surface area (Å²) in [5.74, 6) is -3.24. The third kappa shape index (κ3) is 1.99. The Labute approximate surface area is 83.1 Å². The highest BCUT2D eigenvalue weighted by Gasteiger charge is 2.18. The minimum Gasteiger partial charge on any atom is -0.478 e. The molecule has 0 aliphatic rings. The Morgan fingerprint density at radius 3 is 2.17 bits per heavy atom. The van der Waals surface area contributed by atoms with Crippen LogP contribution in [0.5, 0.6) is 0 Å². The molecule has 1 rings (SSSR count). The van der Waals surface area contributed by atoms with Crippen molar-refractivity contribution in [1.29, 1.82) is 0 Å². The molecule has 6 heteroatoms. The second-order valence-electron chi connectivity index (χ2n) is 1.77. The quantitative estimate of drug-likeness (QED) is 0.616. The van der Waals surface area contributed by atoms with Gasteiger partial charge in [0.1, 0.15) is 5.56 Å². The molecule has 0 aliphatic heterocycles. The predicted molar refractivity (Wildman–Crippen MR) is 41.2 cm³/mol. The first kappa shape index (κ1) is 11.0. The van der Waals surface area contributed by atoms with Gasteiger partial charge < -0.3 is 14.6 Å². The van der Waals surface area contributed by atoms with Gasteiger partial charge in [0, 0.05) is 0 Å². The normalized spacial score (nSPS) is 8.67. The van der Waals surface area contributed by atoms with Crippen molar-refractivity contribution in [2.24, 2.45) is 0 Å². The van der Waals surface area contributed by atoms with Crippen LogP contribution in [0.4, 0.5) is 0 Å². The highest BCUT2D eigenvalue weighted by Crippen LogP contribution is 2.09. The van der Waals surface area contributed by atoms with E-state index in [9.17, 15) is 9.59 Å². The Morgan fingerprint density at radius 2 is 1.83 bits per heavy atom. The molecular weight excluding hydrogens is 176 g/mol. The van der Waals surface area contributed by atoms with Gasteiger partial charge in [-0.25, -0.2) is 9.59 Å². The summed E-state index contributed by atoms with van der Waals surface area (Å²) in [6.45, 7) is 0. The molecule has 62 valence electrons. The molecule has 0 unspecified atom stereocenters. The largest absolute Gasteiger partial charge is 0.478 e. The van der Waals surface area contributed by atoms with Crippen molar-refractivity contribution in [3.05, 3.63) is 23.7 Å². The SMILES string of the molecule is O=C(O)c1ccoc1C(=O)O.[MgH2]. The number of carbonyl (C=O) groups is 2. The monoisotopic (exact) mass is 182 g/mol. The molecule has 5 nitrogen and oxygen atoms in total. The summed E-state index contributed by atoms with van der Waals surface area (Å²) in [7, 11) is 0. The van der Waals surface area contributed by atoms with Crippen LogP contribution in [0.1, 0.15) is 20.9 Å². The molecule has 0 aliphatic carbocycles. The van der Waals surface area contributed by atoms with Crippen molar-refractivity contribution in [3.63, 3.8) is 0 Å². The molecule has 0 spiro atoms. The van der Waals surface area contributed by atoms with Gasteiger partial charge in [-0.2, -0.15) is 0 Å². The van der Waals surface area contributed by atoms with Gasteiger partial charge in [0.2, 0.25) is 5.76 Å². The number of aromatic carboxylic acids is 2. The average Bonchev–Trinajstić information content (AvgIpc) is 2.32. The first-order valence-electron chi connectivity index (χ1n) is 2.67. The number of hydrogen-bond donors (Lipinski definition) is 2. The summed E-state index contributed by atoms with van der Waals surface area (Å²) in [6.07, 6.45) is 1.02. The van der Waals surface area contributed by atoms with E-state index >= 15 is 0 Å². The average molecular weight is 182 g/mol. The van der Waals surface area contributed by atoms with Crippen molar-refractivity contribution < 1.29 is 24.2 Å². The molecule has 0 saturated carbocycles. The molecule has 0 radical (unpaired) electrons. The second kappa shape index (κ2) is 4.12. The van der Waals surface area contributed by atoms with Gasteiger partial charge >= 0.3 is 35.0 Å². The van der Waals surface area contributed by atoms with Crippen LogP contribution in [0.2, 0.25) is 0 Å². The molecule has 0 fully saturated rings. The lowest BCUT2D eigenvalue weighted by Crippen LogP contribution is -2.03. The van der Waals surface area contributed by atoms with Crippen LogP contribution in [0.25, 0.3) is 0 Å². The molecule has 0 bridgehead atoms. The predicted octanol–water partition coefficient (Wildman–Crippen LogP) is -0.240. The fraction of sp³-hybridized carbons (Fsp3) is 0. The van der Waals surface area contributed by atoms with Crippen LogP contribution in [-0.4, -0.2) is 45.2 Å². The minimum absolute atomic E-state index is 0. The highest BCUT2D eigenvalue weighted by atomic mass is 24.3. The summed E-state index contributed by atoms with van der Waals surface area (Å²) in [5, 5.41) is 16.7. The van der Waals surface area contributed by atoms with E-state index in [1.54, 1.807) is 0 Å². The van der Waals surface area contributed by atoms with E-state index in [4.69, 9.17) is 10.2 Å². The van der Waals surface area contributed by atoms with Crippen LogP contribution in [-0.2, 0) is 0 Å². The third-order valence-electron chi connectivity index (χ3n) is 1.09. The van der Waals surface area contributed by atoms with E-state index in [0.29, 0.717) is 0 Å². The Bertz CT molecular complexity index is 274. The second-order valence-corrected chi connectivity index (χ2v) is 1.77. The molecule has 2 N–H and O–H groups in total. The van der Waals surface area contributed by atoms with Gasteiger partial charge in [-0.15, -0.1) is 0 Å². The summed E-state index contributed by atoms with van der Waals surface area (Å²) < 4.78 is 4.41. The number of furan rings is 1. The number of rotatable bonds is 2. The summed E-state index contributed by atoms with van der Waals surface area (Å²) in [4.78, 5) is 20.5. The molecule has 1 aromatic rings. The maximum Gasteiger partial charge on any atom is 0.372 e. The maximum atomic E-state index is 10.3. The van der Waals surface area contributed by atoms with Crippen molar-refractivity contribution in [3.8, 4) is 0 Å². The molecule has 0 aromatic carbocycles. The third-order valence-corrected chi connectivity index (χ3v) is 1.09. The highest BCUT2D eigenvalue weighted by molar-refractivity contribution is 5.99. The zero-order valence-electron chi connectivity index (χ0n) is 5.27. The fourth-order valence-electron chi connectivity index (χ4n) is 0.643. The maximum absolute atomic E-state index is 10.3. The van der Waals surface area contributed by atoms with Gasteiger partial charge in [-0.1, -0.05) is 0 Å². The smallest absolute Gasteiger partial charge is 0.372 e. The Kier molecular flexibility index (Phi) is 3.77. The molecule has 12 heavy (non-hydrogen) atoms. The van der Waals surface area contributed by atoms with Crippen molar-refractivity contribution in [1.82, 2.24) is 0 Å². The van der Waals surface area contributed by atoms with E-state index in [2.05, 4.69) is 4.42 Å². The van der Waals surface area contributed by atoms with Gasteiger partial charge in [0.05, 0.1) is 6.26 Å². The number of carboxylic acids is 2. The van der Waals surface area contributed by atoms with Gasteiger partial charge in [0.15, 0.2) is 0 Å². The zero-order chi connectivity index (χ0) is 8.43. The summed E-state index contributed by atoms with van der Waals surface area (Å²) in [5.41, 5.74) is -0.336. The van der Waals surface area contributed by atoms with Crippen LogP contribution in [0, 0.1) is 0 Å². The minimum atomic E-state index is -1.38. The van der Waals surface area contributed by atoms with Gasteiger partial charge in [0.25, 0.3) is 0 Å². The Balaban J connectivity index is 0.00000121. The molecule has 0 amide bonds. The summed E-state index contributed by atoms with van der Waals surface area (Å²) >= 11 is 0. The van der Waals surface area contributed by atoms with Gasteiger partial charge in [-0.05, 0) is 6.07 Å².